The molecule has 0 heterocycles. The SMILES string of the molecule is CCC[C@H](N)C(=O)N(CCN(CC)CC)CC(C)C. The smallest absolute Gasteiger partial charge is 0.239 e. The molecule has 0 spiro atoms. The molecule has 0 aromatic rings. The van der Waals surface area contributed by atoms with E-state index in [0.717, 1.165) is 45.6 Å². The summed E-state index contributed by atoms with van der Waals surface area (Å²) in [5.74, 6) is 0.595. The number of likely N-dealkylation sites (N-methyl/N-ethyl adjacent to an activating group) is 1. The number of nitrogens with two attached hydrogens (primary N) is 1. The lowest BCUT2D eigenvalue weighted by Gasteiger charge is -2.29. The zero-order valence-corrected chi connectivity index (χ0v) is 13.5. The summed E-state index contributed by atoms with van der Waals surface area (Å²) in [5.41, 5.74) is 5.97. The van der Waals surface area contributed by atoms with Crippen molar-refractivity contribution in [1.82, 2.24) is 9.80 Å². The maximum Gasteiger partial charge on any atom is 0.239 e. The van der Waals surface area contributed by atoms with Gasteiger partial charge in [-0.3, -0.25) is 4.79 Å². The van der Waals surface area contributed by atoms with Crippen LogP contribution in [-0.4, -0.2) is 54.5 Å². The van der Waals surface area contributed by atoms with Crippen LogP contribution >= 0.6 is 0 Å². The minimum Gasteiger partial charge on any atom is -0.340 e. The van der Waals surface area contributed by atoms with Gasteiger partial charge in [-0.05, 0) is 25.4 Å². The molecule has 0 aromatic carbocycles. The molecule has 0 rings (SSSR count). The molecule has 114 valence electrons. The first-order valence-electron chi connectivity index (χ1n) is 7.72. The van der Waals surface area contributed by atoms with Crippen molar-refractivity contribution in [3.05, 3.63) is 0 Å². The fraction of sp³-hybridized carbons (Fsp3) is 0.933. The van der Waals surface area contributed by atoms with Gasteiger partial charge in [-0.2, -0.15) is 0 Å². The van der Waals surface area contributed by atoms with Crippen LogP contribution in [0.25, 0.3) is 0 Å². The number of nitrogens with zero attached hydrogens (tertiary/aromatic N) is 2. The predicted octanol–water partition coefficient (Wildman–Crippen LogP) is 1.94. The lowest BCUT2D eigenvalue weighted by atomic mass is 10.1. The maximum atomic E-state index is 12.3. The van der Waals surface area contributed by atoms with Gasteiger partial charge in [0.1, 0.15) is 0 Å². The van der Waals surface area contributed by atoms with Crippen LogP contribution in [0.4, 0.5) is 0 Å². The van der Waals surface area contributed by atoms with Crippen molar-refractivity contribution in [1.29, 1.82) is 0 Å². The van der Waals surface area contributed by atoms with Crippen molar-refractivity contribution in [2.24, 2.45) is 11.7 Å². The number of carbonyl (C=O) groups excluding carboxylic acids is 1. The van der Waals surface area contributed by atoms with Crippen LogP contribution in [0.3, 0.4) is 0 Å². The highest BCUT2D eigenvalue weighted by Crippen LogP contribution is 2.05. The van der Waals surface area contributed by atoms with E-state index in [0.29, 0.717) is 5.92 Å². The molecule has 0 unspecified atom stereocenters. The summed E-state index contributed by atoms with van der Waals surface area (Å²) in [6, 6.07) is -0.333. The van der Waals surface area contributed by atoms with Crippen LogP contribution in [0.1, 0.15) is 47.5 Å². The zero-order valence-electron chi connectivity index (χ0n) is 13.5. The van der Waals surface area contributed by atoms with Gasteiger partial charge < -0.3 is 15.5 Å². The normalized spacial score (nSPS) is 13.1. The number of carbonyl (C=O) groups is 1. The van der Waals surface area contributed by atoms with Crippen molar-refractivity contribution < 1.29 is 4.79 Å². The second kappa shape index (κ2) is 10.2. The first kappa shape index (κ1) is 18.4. The molecule has 0 aromatic heterocycles. The summed E-state index contributed by atoms with van der Waals surface area (Å²) in [6.45, 7) is 15.2. The third-order valence-electron chi connectivity index (χ3n) is 3.39. The summed E-state index contributed by atoms with van der Waals surface area (Å²) in [6.07, 6.45) is 1.73. The number of amides is 1. The van der Waals surface area contributed by atoms with Crippen LogP contribution in [0.2, 0.25) is 0 Å². The van der Waals surface area contributed by atoms with E-state index in [9.17, 15) is 4.79 Å². The van der Waals surface area contributed by atoms with Crippen molar-refractivity contribution in [2.75, 3.05) is 32.7 Å². The minimum absolute atomic E-state index is 0.114. The van der Waals surface area contributed by atoms with Gasteiger partial charge in [-0.25, -0.2) is 0 Å². The van der Waals surface area contributed by atoms with E-state index in [4.69, 9.17) is 5.73 Å². The molecule has 1 atom stereocenters. The second-order valence-electron chi connectivity index (χ2n) is 5.60. The lowest BCUT2D eigenvalue weighted by Crippen LogP contribution is -2.47. The Balaban J connectivity index is 4.48. The van der Waals surface area contributed by atoms with Gasteiger partial charge in [0.2, 0.25) is 5.91 Å². The van der Waals surface area contributed by atoms with E-state index in [1.165, 1.54) is 0 Å². The fourth-order valence-electron chi connectivity index (χ4n) is 2.20. The summed E-state index contributed by atoms with van der Waals surface area (Å²) < 4.78 is 0. The third kappa shape index (κ3) is 7.53. The van der Waals surface area contributed by atoms with Gasteiger partial charge in [-0.15, -0.1) is 0 Å². The Labute approximate surface area is 119 Å². The first-order valence-corrected chi connectivity index (χ1v) is 7.72. The van der Waals surface area contributed by atoms with E-state index in [2.05, 4.69) is 39.5 Å². The molecule has 19 heavy (non-hydrogen) atoms. The Morgan fingerprint density at radius 3 is 2.11 bits per heavy atom. The standard InChI is InChI=1S/C15H33N3O/c1-6-9-14(16)15(19)18(12-13(4)5)11-10-17(7-2)8-3/h13-14H,6-12,16H2,1-5H3/t14-/m0/s1. The molecule has 0 aliphatic heterocycles. The average molecular weight is 271 g/mol. The van der Waals surface area contributed by atoms with Crippen LogP contribution in [-0.2, 0) is 4.79 Å². The summed E-state index contributed by atoms with van der Waals surface area (Å²) >= 11 is 0. The molecule has 4 nitrogen and oxygen atoms in total. The van der Waals surface area contributed by atoms with E-state index < -0.39 is 0 Å². The molecule has 2 N–H and O–H groups in total. The van der Waals surface area contributed by atoms with E-state index in [1.807, 2.05) is 4.90 Å². The van der Waals surface area contributed by atoms with Gasteiger partial charge in [-0.1, -0.05) is 41.0 Å². The van der Waals surface area contributed by atoms with Crippen molar-refractivity contribution in [3.63, 3.8) is 0 Å². The first-order chi connectivity index (χ1) is 8.96. The van der Waals surface area contributed by atoms with Gasteiger partial charge in [0.25, 0.3) is 0 Å². The average Bonchev–Trinajstić information content (AvgIpc) is 2.37. The van der Waals surface area contributed by atoms with Gasteiger partial charge >= 0.3 is 0 Å². The summed E-state index contributed by atoms with van der Waals surface area (Å²) in [4.78, 5) is 16.6. The molecule has 0 aliphatic rings. The van der Waals surface area contributed by atoms with Crippen molar-refractivity contribution >= 4 is 5.91 Å². The second-order valence-corrected chi connectivity index (χ2v) is 5.60. The fourth-order valence-corrected chi connectivity index (χ4v) is 2.20. The molecular weight excluding hydrogens is 238 g/mol. The molecule has 0 saturated heterocycles. The predicted molar refractivity (Wildman–Crippen MR) is 82.1 cm³/mol. The number of rotatable bonds is 10. The Morgan fingerprint density at radius 1 is 1.11 bits per heavy atom. The summed E-state index contributed by atoms with van der Waals surface area (Å²) in [5, 5.41) is 0. The lowest BCUT2D eigenvalue weighted by molar-refractivity contribution is -0.133. The van der Waals surface area contributed by atoms with Crippen molar-refractivity contribution in [2.45, 2.75) is 53.5 Å². The zero-order chi connectivity index (χ0) is 14.8. The Bertz CT molecular complexity index is 240. The maximum absolute atomic E-state index is 12.3. The molecule has 0 aliphatic carbocycles. The van der Waals surface area contributed by atoms with Crippen LogP contribution in [0, 0.1) is 5.92 Å². The molecule has 1 amide bonds. The molecule has 0 bridgehead atoms. The Kier molecular flexibility index (Phi) is 9.88. The Hall–Kier alpha value is -0.610. The third-order valence-corrected chi connectivity index (χ3v) is 3.39. The van der Waals surface area contributed by atoms with Crippen LogP contribution < -0.4 is 5.73 Å². The van der Waals surface area contributed by atoms with E-state index in [-0.39, 0.29) is 11.9 Å². The van der Waals surface area contributed by atoms with Gasteiger partial charge in [0.15, 0.2) is 0 Å². The van der Waals surface area contributed by atoms with Crippen molar-refractivity contribution in [3.8, 4) is 0 Å². The van der Waals surface area contributed by atoms with Gasteiger partial charge in [0.05, 0.1) is 6.04 Å². The monoisotopic (exact) mass is 271 g/mol. The number of hydrogen-bond donors (Lipinski definition) is 1. The van der Waals surface area contributed by atoms with E-state index >= 15 is 0 Å². The summed E-state index contributed by atoms with van der Waals surface area (Å²) in [7, 11) is 0. The topological polar surface area (TPSA) is 49.6 Å². The highest BCUT2D eigenvalue weighted by Gasteiger charge is 2.21. The highest BCUT2D eigenvalue weighted by atomic mass is 16.2. The highest BCUT2D eigenvalue weighted by molar-refractivity contribution is 5.81. The minimum atomic E-state index is -0.333. The Morgan fingerprint density at radius 2 is 1.68 bits per heavy atom. The van der Waals surface area contributed by atoms with E-state index in [1.54, 1.807) is 0 Å². The van der Waals surface area contributed by atoms with Gasteiger partial charge in [0, 0.05) is 19.6 Å². The molecule has 0 fully saturated rings. The largest absolute Gasteiger partial charge is 0.340 e. The van der Waals surface area contributed by atoms with Crippen LogP contribution in [0.5, 0.6) is 0 Å². The molecule has 0 saturated carbocycles. The quantitative estimate of drug-likeness (QED) is 0.660. The molecule has 4 heteroatoms. The molecular formula is C15H33N3O. The number of hydrogen-bond acceptors (Lipinski definition) is 3. The molecule has 0 radical (unpaired) electrons. The van der Waals surface area contributed by atoms with Crippen LogP contribution in [0.15, 0.2) is 0 Å².